The van der Waals surface area contributed by atoms with Gasteiger partial charge < -0.3 is 4.74 Å². The average molecular weight is 330 g/mol. The van der Waals surface area contributed by atoms with Gasteiger partial charge in [-0.15, -0.1) is 0 Å². The van der Waals surface area contributed by atoms with E-state index in [1.54, 1.807) is 6.08 Å². The van der Waals surface area contributed by atoms with E-state index >= 15 is 0 Å². The molecule has 0 spiro atoms. The molecule has 0 heterocycles. The van der Waals surface area contributed by atoms with Crippen LogP contribution in [0.15, 0.2) is 78.9 Å². The third-order valence-electron chi connectivity index (χ3n) is 4.22. The van der Waals surface area contributed by atoms with E-state index in [9.17, 15) is 4.79 Å². The van der Waals surface area contributed by atoms with Crippen molar-refractivity contribution in [1.82, 2.24) is 0 Å². The monoisotopic (exact) mass is 330 g/mol. The first-order chi connectivity index (χ1) is 12.3. The Balaban J connectivity index is 1.80. The molecular weight excluding hydrogens is 308 g/mol. The molecule has 2 heteroatoms. The molecule has 0 fully saturated rings. The van der Waals surface area contributed by atoms with Gasteiger partial charge in [0.1, 0.15) is 0 Å². The van der Waals surface area contributed by atoms with E-state index in [0.717, 1.165) is 24.0 Å². The van der Waals surface area contributed by atoms with Crippen LogP contribution in [-0.2, 0) is 16.0 Å². The van der Waals surface area contributed by atoms with E-state index < -0.39 is 0 Å². The summed E-state index contributed by atoms with van der Waals surface area (Å²) in [6.45, 7) is 2.21. The number of allylic oxidation sites excluding steroid dienone is 1. The predicted molar refractivity (Wildman–Crippen MR) is 103 cm³/mol. The first-order valence-electron chi connectivity index (χ1n) is 8.66. The SMILES string of the molecule is CCOC(=O)C=C(CCc1ccc2ccccc2c1)c1ccccc1. The fourth-order valence-electron chi connectivity index (χ4n) is 2.95. The quantitative estimate of drug-likeness (QED) is 0.445. The summed E-state index contributed by atoms with van der Waals surface area (Å²) in [7, 11) is 0. The lowest BCUT2D eigenvalue weighted by atomic mass is 9.97. The fraction of sp³-hybridized carbons (Fsp3) is 0.174. The number of esters is 1. The van der Waals surface area contributed by atoms with Crippen LogP contribution in [0.25, 0.3) is 16.3 Å². The first kappa shape index (κ1) is 17.0. The molecule has 0 unspecified atom stereocenters. The lowest BCUT2D eigenvalue weighted by molar-refractivity contribution is -0.137. The van der Waals surface area contributed by atoms with Crippen molar-refractivity contribution in [2.75, 3.05) is 6.61 Å². The van der Waals surface area contributed by atoms with Crippen LogP contribution in [-0.4, -0.2) is 12.6 Å². The Morgan fingerprint density at radius 2 is 1.64 bits per heavy atom. The van der Waals surface area contributed by atoms with Crippen LogP contribution in [0.3, 0.4) is 0 Å². The molecular formula is C23H22O2. The van der Waals surface area contributed by atoms with Crippen molar-refractivity contribution < 1.29 is 9.53 Å². The topological polar surface area (TPSA) is 26.3 Å². The second kappa shape index (κ2) is 8.29. The van der Waals surface area contributed by atoms with E-state index in [0.29, 0.717) is 6.61 Å². The van der Waals surface area contributed by atoms with Gasteiger partial charge in [0.15, 0.2) is 0 Å². The summed E-state index contributed by atoms with van der Waals surface area (Å²) in [4.78, 5) is 11.9. The zero-order chi connectivity index (χ0) is 17.5. The van der Waals surface area contributed by atoms with Crippen molar-refractivity contribution in [2.45, 2.75) is 19.8 Å². The zero-order valence-corrected chi connectivity index (χ0v) is 14.4. The summed E-state index contributed by atoms with van der Waals surface area (Å²) >= 11 is 0. The van der Waals surface area contributed by atoms with Gasteiger partial charge in [-0.3, -0.25) is 0 Å². The second-order valence-electron chi connectivity index (χ2n) is 5.97. The standard InChI is InChI=1S/C23H22O2/c1-2-25-23(24)17-22(19-8-4-3-5-9-19)15-13-18-12-14-20-10-6-7-11-21(20)16-18/h3-12,14,16-17H,2,13,15H2,1H3. The van der Waals surface area contributed by atoms with E-state index in [1.807, 2.05) is 37.3 Å². The van der Waals surface area contributed by atoms with Gasteiger partial charge in [0, 0.05) is 6.08 Å². The lowest BCUT2D eigenvalue weighted by Crippen LogP contribution is -2.02. The summed E-state index contributed by atoms with van der Waals surface area (Å²) in [5, 5.41) is 2.49. The number of carbonyl (C=O) groups is 1. The van der Waals surface area contributed by atoms with Crippen LogP contribution < -0.4 is 0 Å². The molecule has 25 heavy (non-hydrogen) atoms. The minimum Gasteiger partial charge on any atom is -0.463 e. The Morgan fingerprint density at radius 3 is 2.40 bits per heavy atom. The number of rotatable bonds is 6. The molecule has 0 radical (unpaired) electrons. The van der Waals surface area contributed by atoms with Gasteiger partial charge >= 0.3 is 5.97 Å². The van der Waals surface area contributed by atoms with Crippen LogP contribution in [0.2, 0.25) is 0 Å². The van der Waals surface area contributed by atoms with Crippen molar-refractivity contribution in [3.05, 3.63) is 90.0 Å². The average Bonchev–Trinajstić information content (AvgIpc) is 2.66. The Labute approximate surface area is 148 Å². The molecule has 3 rings (SSSR count). The third-order valence-corrected chi connectivity index (χ3v) is 4.22. The summed E-state index contributed by atoms with van der Waals surface area (Å²) in [5.41, 5.74) is 3.34. The highest BCUT2D eigenvalue weighted by molar-refractivity contribution is 5.91. The number of aryl methyl sites for hydroxylation is 1. The highest BCUT2D eigenvalue weighted by atomic mass is 16.5. The first-order valence-corrected chi connectivity index (χ1v) is 8.66. The maximum Gasteiger partial charge on any atom is 0.331 e. The normalized spacial score (nSPS) is 11.5. The molecule has 2 nitrogen and oxygen atoms in total. The Bertz CT molecular complexity index is 879. The molecule has 0 aliphatic heterocycles. The van der Waals surface area contributed by atoms with Gasteiger partial charge in [0.05, 0.1) is 6.61 Å². The van der Waals surface area contributed by atoms with Crippen molar-refractivity contribution in [1.29, 1.82) is 0 Å². The predicted octanol–water partition coefficient (Wildman–Crippen LogP) is 5.42. The van der Waals surface area contributed by atoms with Gasteiger partial charge in [0.25, 0.3) is 0 Å². The third kappa shape index (κ3) is 4.57. The lowest BCUT2D eigenvalue weighted by Gasteiger charge is -2.09. The number of ether oxygens (including phenoxy) is 1. The number of benzene rings is 3. The van der Waals surface area contributed by atoms with Crippen molar-refractivity contribution in [3.63, 3.8) is 0 Å². The van der Waals surface area contributed by atoms with Crippen molar-refractivity contribution in [2.24, 2.45) is 0 Å². The molecule has 0 aromatic heterocycles. The summed E-state index contributed by atoms with van der Waals surface area (Å²) in [5.74, 6) is -0.278. The molecule has 0 N–H and O–H groups in total. The highest BCUT2D eigenvalue weighted by Gasteiger charge is 2.07. The molecule has 0 aliphatic rings. The Hall–Kier alpha value is -2.87. The van der Waals surface area contributed by atoms with Crippen LogP contribution in [0.1, 0.15) is 24.5 Å². The fourth-order valence-corrected chi connectivity index (χ4v) is 2.95. The van der Waals surface area contributed by atoms with Gasteiger partial charge in [0.2, 0.25) is 0 Å². The van der Waals surface area contributed by atoms with E-state index in [-0.39, 0.29) is 5.97 Å². The molecule has 126 valence electrons. The second-order valence-corrected chi connectivity index (χ2v) is 5.97. The molecule has 0 amide bonds. The molecule has 3 aromatic carbocycles. The van der Waals surface area contributed by atoms with Gasteiger partial charge in [-0.25, -0.2) is 4.79 Å². The van der Waals surface area contributed by atoms with E-state index in [2.05, 4.69) is 42.5 Å². The van der Waals surface area contributed by atoms with Crippen molar-refractivity contribution >= 4 is 22.3 Å². The van der Waals surface area contributed by atoms with Gasteiger partial charge in [-0.05, 0) is 47.2 Å². The summed E-state index contributed by atoms with van der Waals surface area (Å²) in [6, 6.07) is 24.9. The molecule has 0 aliphatic carbocycles. The number of hydrogen-bond acceptors (Lipinski definition) is 2. The van der Waals surface area contributed by atoms with Gasteiger partial charge in [-0.1, -0.05) is 72.8 Å². The van der Waals surface area contributed by atoms with Crippen LogP contribution in [0.4, 0.5) is 0 Å². The minimum atomic E-state index is -0.278. The molecule has 0 atom stereocenters. The van der Waals surface area contributed by atoms with Crippen molar-refractivity contribution in [3.8, 4) is 0 Å². The Kier molecular flexibility index (Phi) is 5.63. The maximum absolute atomic E-state index is 11.9. The van der Waals surface area contributed by atoms with Crippen LogP contribution >= 0.6 is 0 Å². The molecule has 0 saturated carbocycles. The number of carbonyl (C=O) groups excluding carboxylic acids is 1. The number of fused-ring (bicyclic) bond motifs is 1. The largest absolute Gasteiger partial charge is 0.463 e. The zero-order valence-electron chi connectivity index (χ0n) is 14.4. The molecule has 0 saturated heterocycles. The van der Waals surface area contributed by atoms with Crippen LogP contribution in [0.5, 0.6) is 0 Å². The number of hydrogen-bond donors (Lipinski definition) is 0. The summed E-state index contributed by atoms with van der Waals surface area (Å²) in [6.07, 6.45) is 3.30. The smallest absolute Gasteiger partial charge is 0.331 e. The molecule has 3 aromatic rings. The van der Waals surface area contributed by atoms with Gasteiger partial charge in [-0.2, -0.15) is 0 Å². The highest BCUT2D eigenvalue weighted by Crippen LogP contribution is 2.23. The Morgan fingerprint density at radius 1 is 0.920 bits per heavy atom. The van der Waals surface area contributed by atoms with Crippen LogP contribution in [0, 0.1) is 0 Å². The maximum atomic E-state index is 11.9. The molecule has 0 bridgehead atoms. The van der Waals surface area contributed by atoms with E-state index in [1.165, 1.54) is 16.3 Å². The minimum absolute atomic E-state index is 0.278. The summed E-state index contributed by atoms with van der Waals surface area (Å²) < 4.78 is 5.09. The van der Waals surface area contributed by atoms with E-state index in [4.69, 9.17) is 4.74 Å².